The summed E-state index contributed by atoms with van der Waals surface area (Å²) in [6.45, 7) is 0.979. The predicted molar refractivity (Wildman–Crippen MR) is 93.7 cm³/mol. The fourth-order valence-electron chi connectivity index (χ4n) is 2.98. The summed E-state index contributed by atoms with van der Waals surface area (Å²) in [7, 11) is 1.89. The normalized spacial score (nSPS) is 11.6. The van der Waals surface area contributed by atoms with Gasteiger partial charge in [0.25, 0.3) is 5.56 Å². The van der Waals surface area contributed by atoms with Crippen LogP contribution in [0.25, 0.3) is 22.1 Å². The van der Waals surface area contributed by atoms with Crippen LogP contribution in [0.15, 0.2) is 57.7 Å². The van der Waals surface area contributed by atoms with Gasteiger partial charge in [-0.1, -0.05) is 24.3 Å². The third-order valence-corrected chi connectivity index (χ3v) is 4.04. The Hall–Kier alpha value is -2.99. The summed E-state index contributed by atoms with van der Waals surface area (Å²) in [4.78, 5) is 21.6. The highest BCUT2D eigenvalue weighted by Gasteiger charge is 2.13. The van der Waals surface area contributed by atoms with Gasteiger partial charge in [-0.2, -0.15) is 0 Å². The number of furan rings is 1. The Morgan fingerprint density at radius 3 is 2.84 bits per heavy atom. The first-order chi connectivity index (χ1) is 12.1. The summed E-state index contributed by atoms with van der Waals surface area (Å²) in [6, 6.07) is 13.9. The highest BCUT2D eigenvalue weighted by molar-refractivity contribution is 6.01. The second-order valence-corrected chi connectivity index (χ2v) is 6.09. The van der Waals surface area contributed by atoms with E-state index in [9.17, 15) is 9.18 Å². The molecule has 126 valence electrons. The molecule has 0 radical (unpaired) electrons. The van der Waals surface area contributed by atoms with Crippen LogP contribution in [0, 0.1) is 5.82 Å². The van der Waals surface area contributed by atoms with Gasteiger partial charge in [0.1, 0.15) is 22.7 Å². The van der Waals surface area contributed by atoms with Crippen LogP contribution < -0.4 is 5.56 Å². The van der Waals surface area contributed by atoms with Gasteiger partial charge in [-0.15, -0.1) is 0 Å². The zero-order valence-corrected chi connectivity index (χ0v) is 13.6. The van der Waals surface area contributed by atoms with E-state index in [1.54, 1.807) is 6.07 Å². The summed E-state index contributed by atoms with van der Waals surface area (Å²) in [6.07, 6.45) is 0. The Morgan fingerprint density at radius 2 is 2.00 bits per heavy atom. The first-order valence-corrected chi connectivity index (χ1v) is 7.93. The van der Waals surface area contributed by atoms with Crippen LogP contribution in [0.3, 0.4) is 0 Å². The van der Waals surface area contributed by atoms with E-state index in [4.69, 9.17) is 4.42 Å². The van der Waals surface area contributed by atoms with Crippen molar-refractivity contribution < 1.29 is 8.81 Å². The number of halogens is 1. The zero-order chi connectivity index (χ0) is 17.4. The largest absolute Gasteiger partial charge is 0.449 e. The number of hydrogen-bond donors (Lipinski definition) is 1. The summed E-state index contributed by atoms with van der Waals surface area (Å²) >= 11 is 0. The molecule has 0 unspecified atom stereocenters. The molecule has 4 aromatic rings. The average Bonchev–Trinajstić information content (AvgIpc) is 2.94. The monoisotopic (exact) mass is 337 g/mol. The van der Waals surface area contributed by atoms with E-state index in [2.05, 4.69) is 9.97 Å². The lowest BCUT2D eigenvalue weighted by Gasteiger charge is -2.16. The van der Waals surface area contributed by atoms with Gasteiger partial charge >= 0.3 is 0 Å². The lowest BCUT2D eigenvalue weighted by atomic mass is 10.2. The minimum absolute atomic E-state index is 0.234. The first-order valence-electron chi connectivity index (χ1n) is 7.93. The highest BCUT2D eigenvalue weighted by Crippen LogP contribution is 2.24. The zero-order valence-electron chi connectivity index (χ0n) is 13.6. The van der Waals surface area contributed by atoms with Gasteiger partial charge < -0.3 is 9.40 Å². The molecule has 0 saturated heterocycles. The Morgan fingerprint density at radius 1 is 1.16 bits per heavy atom. The van der Waals surface area contributed by atoms with Crippen molar-refractivity contribution in [3.63, 3.8) is 0 Å². The summed E-state index contributed by atoms with van der Waals surface area (Å²) < 4.78 is 18.9. The molecule has 2 aromatic heterocycles. The molecular weight excluding hydrogens is 321 g/mol. The summed E-state index contributed by atoms with van der Waals surface area (Å²) in [5.74, 6) is 0.284. The quantitative estimate of drug-likeness (QED) is 0.620. The van der Waals surface area contributed by atoms with E-state index >= 15 is 0 Å². The number of hydrogen-bond acceptors (Lipinski definition) is 4. The van der Waals surface area contributed by atoms with Crippen molar-refractivity contribution in [1.82, 2.24) is 14.9 Å². The molecule has 0 aliphatic carbocycles. The maximum absolute atomic E-state index is 13.3. The fraction of sp³-hybridized carbons (Fsp3) is 0.158. The van der Waals surface area contributed by atoms with Crippen molar-refractivity contribution in [1.29, 1.82) is 0 Å². The van der Waals surface area contributed by atoms with Crippen molar-refractivity contribution in [2.45, 2.75) is 13.1 Å². The van der Waals surface area contributed by atoms with Crippen LogP contribution in [0.4, 0.5) is 4.39 Å². The van der Waals surface area contributed by atoms with E-state index in [-0.39, 0.29) is 17.0 Å². The minimum Gasteiger partial charge on any atom is -0.449 e. The van der Waals surface area contributed by atoms with Crippen molar-refractivity contribution in [3.8, 4) is 0 Å². The van der Waals surface area contributed by atoms with Crippen LogP contribution in [0.1, 0.15) is 11.4 Å². The molecule has 5 nitrogen and oxygen atoms in total. The van der Waals surface area contributed by atoms with E-state index < -0.39 is 0 Å². The smallest absolute Gasteiger partial charge is 0.294 e. The lowest BCUT2D eigenvalue weighted by Crippen LogP contribution is -2.21. The van der Waals surface area contributed by atoms with Crippen LogP contribution >= 0.6 is 0 Å². The van der Waals surface area contributed by atoms with Crippen LogP contribution in [0.5, 0.6) is 0 Å². The van der Waals surface area contributed by atoms with Gasteiger partial charge in [-0.3, -0.25) is 9.69 Å². The van der Waals surface area contributed by atoms with E-state index in [0.717, 1.165) is 10.9 Å². The molecule has 0 saturated carbocycles. The fourth-order valence-corrected chi connectivity index (χ4v) is 2.98. The molecule has 0 aliphatic rings. The van der Waals surface area contributed by atoms with Crippen LogP contribution in [-0.4, -0.2) is 21.9 Å². The van der Waals surface area contributed by atoms with Crippen LogP contribution in [0.2, 0.25) is 0 Å². The maximum atomic E-state index is 13.3. The second kappa shape index (κ2) is 6.14. The van der Waals surface area contributed by atoms with E-state index in [1.165, 1.54) is 12.1 Å². The van der Waals surface area contributed by atoms with Crippen molar-refractivity contribution in [2.75, 3.05) is 7.05 Å². The number of para-hydroxylation sites is 1. The third-order valence-electron chi connectivity index (χ3n) is 4.04. The Labute approximate surface area is 142 Å². The van der Waals surface area contributed by atoms with Crippen molar-refractivity contribution in [2.24, 2.45) is 0 Å². The lowest BCUT2D eigenvalue weighted by molar-refractivity contribution is 0.310. The highest BCUT2D eigenvalue weighted by atomic mass is 19.1. The van der Waals surface area contributed by atoms with Gasteiger partial charge in [-0.05, 0) is 36.9 Å². The summed E-state index contributed by atoms with van der Waals surface area (Å²) in [5, 5.41) is 0.817. The molecule has 2 heterocycles. The predicted octanol–water partition coefficient (Wildman–Crippen LogP) is 3.44. The third kappa shape index (κ3) is 3.04. The number of fused-ring (bicyclic) bond motifs is 3. The molecule has 1 N–H and O–H groups in total. The molecule has 6 heteroatoms. The summed E-state index contributed by atoms with van der Waals surface area (Å²) in [5.41, 5.74) is 2.00. The van der Waals surface area contributed by atoms with Gasteiger partial charge in [0, 0.05) is 11.9 Å². The Kier molecular flexibility index (Phi) is 3.82. The molecule has 0 spiro atoms. The Balaban J connectivity index is 1.65. The number of aromatic nitrogens is 2. The maximum Gasteiger partial charge on any atom is 0.294 e. The van der Waals surface area contributed by atoms with E-state index in [0.29, 0.717) is 30.0 Å². The molecule has 0 amide bonds. The standard InChI is InChI=1S/C19H16FN3O2/c1-23(10-12-5-4-6-13(20)9-12)11-16-21-17-14-7-2-3-8-15(14)25-18(17)19(24)22-16/h2-9H,10-11H2,1H3,(H,21,22,24). The van der Waals surface area contributed by atoms with Crippen molar-refractivity contribution in [3.05, 3.63) is 76.1 Å². The van der Waals surface area contributed by atoms with Gasteiger partial charge in [0.2, 0.25) is 5.58 Å². The molecule has 25 heavy (non-hydrogen) atoms. The second-order valence-electron chi connectivity index (χ2n) is 6.09. The topological polar surface area (TPSA) is 62.1 Å². The average molecular weight is 337 g/mol. The number of nitrogens with one attached hydrogen (secondary N) is 1. The molecule has 0 aliphatic heterocycles. The SMILES string of the molecule is CN(Cc1cccc(F)c1)Cc1nc2c(oc3ccccc32)c(=O)[nH]1. The van der Waals surface area contributed by atoms with Gasteiger partial charge in [0.15, 0.2) is 0 Å². The molecule has 2 aromatic carbocycles. The number of aromatic amines is 1. The number of benzene rings is 2. The van der Waals surface area contributed by atoms with Gasteiger partial charge in [-0.25, -0.2) is 9.37 Å². The number of nitrogens with zero attached hydrogens (tertiary/aromatic N) is 2. The van der Waals surface area contributed by atoms with Crippen LogP contribution in [-0.2, 0) is 13.1 Å². The molecular formula is C19H16FN3O2. The first kappa shape index (κ1) is 15.5. The Bertz CT molecular complexity index is 1120. The van der Waals surface area contributed by atoms with Crippen molar-refractivity contribution >= 4 is 22.1 Å². The number of H-pyrrole nitrogens is 1. The number of rotatable bonds is 4. The van der Waals surface area contributed by atoms with E-state index in [1.807, 2.05) is 42.3 Å². The minimum atomic E-state index is -0.296. The molecule has 0 bridgehead atoms. The molecule has 4 rings (SSSR count). The van der Waals surface area contributed by atoms with Gasteiger partial charge in [0.05, 0.1) is 6.54 Å². The molecule has 0 fully saturated rings. The molecule has 0 atom stereocenters.